The highest BCUT2D eigenvalue weighted by atomic mass is 127. The van der Waals surface area contributed by atoms with E-state index in [2.05, 4.69) is 93.3 Å². The molecule has 28 heavy (non-hydrogen) atoms. The fraction of sp³-hybridized carbons (Fsp3) is 0.500. The largest absolute Gasteiger partial charge is 0.497 e. The Labute approximate surface area is 183 Å². The van der Waals surface area contributed by atoms with E-state index in [4.69, 9.17) is 4.74 Å². The third kappa shape index (κ3) is 4.24. The van der Waals surface area contributed by atoms with Gasteiger partial charge in [-0.2, -0.15) is 0 Å². The number of benzene rings is 2. The second-order valence-corrected chi connectivity index (χ2v) is 9.89. The van der Waals surface area contributed by atoms with Crippen molar-refractivity contribution in [1.82, 2.24) is 8.01 Å². The zero-order valence-corrected chi connectivity index (χ0v) is 19.3. The fourth-order valence-corrected chi connectivity index (χ4v) is 5.97. The first-order chi connectivity index (χ1) is 13.5. The quantitative estimate of drug-likeness (QED) is 0.389. The van der Waals surface area contributed by atoms with Gasteiger partial charge < -0.3 is 4.74 Å². The number of likely N-dealkylation sites (tertiary alicyclic amines) is 1. The van der Waals surface area contributed by atoms with Crippen LogP contribution in [0, 0.1) is 5.92 Å². The highest BCUT2D eigenvalue weighted by Gasteiger charge is 2.40. The van der Waals surface area contributed by atoms with E-state index in [1.54, 1.807) is 12.7 Å². The van der Waals surface area contributed by atoms with Gasteiger partial charge in [-0.05, 0) is 53.5 Å². The molecule has 150 valence electrons. The molecule has 3 nitrogen and oxygen atoms in total. The van der Waals surface area contributed by atoms with Crippen LogP contribution in [0.2, 0.25) is 0 Å². The molecule has 3 atom stereocenters. The SMILES string of the molecule is COc1ccc(CN2CC3CC(c4ccccc4C(C)C)N(I)CC2C3)cc1. The Morgan fingerprint density at radius 3 is 2.50 bits per heavy atom. The average molecular weight is 490 g/mol. The van der Waals surface area contributed by atoms with E-state index in [1.165, 1.54) is 30.5 Å². The lowest BCUT2D eigenvalue weighted by Crippen LogP contribution is -2.38. The molecule has 2 bridgehead atoms. The summed E-state index contributed by atoms with van der Waals surface area (Å²) in [4.78, 5) is 2.70. The molecule has 2 saturated heterocycles. The third-order valence-corrected chi connectivity index (χ3v) is 7.48. The molecule has 0 amide bonds. The van der Waals surface area contributed by atoms with Crippen LogP contribution >= 0.6 is 22.9 Å². The minimum atomic E-state index is 0.539. The van der Waals surface area contributed by atoms with Crippen LogP contribution in [0.3, 0.4) is 0 Å². The van der Waals surface area contributed by atoms with Gasteiger partial charge in [-0.1, -0.05) is 50.2 Å². The van der Waals surface area contributed by atoms with Crippen molar-refractivity contribution in [2.45, 2.75) is 51.2 Å². The number of methoxy groups -OCH3 is 1. The minimum absolute atomic E-state index is 0.539. The van der Waals surface area contributed by atoms with Gasteiger partial charge in [-0.3, -0.25) is 4.90 Å². The number of nitrogens with zero attached hydrogens (tertiary/aromatic N) is 2. The number of ether oxygens (including phenoxy) is 1. The van der Waals surface area contributed by atoms with E-state index in [1.807, 2.05) is 0 Å². The Balaban J connectivity index is 1.48. The molecule has 2 aliphatic rings. The maximum Gasteiger partial charge on any atom is 0.118 e. The molecule has 0 spiro atoms. The van der Waals surface area contributed by atoms with Gasteiger partial charge in [-0.15, -0.1) is 0 Å². The summed E-state index contributed by atoms with van der Waals surface area (Å²) in [5, 5.41) is 0. The van der Waals surface area contributed by atoms with Crippen molar-refractivity contribution in [3.63, 3.8) is 0 Å². The standard InChI is InChI=1S/C24H31IN2O/c1-17(2)22-6-4-5-7-23(22)24-13-19-12-20(16-27(24)25)26(15-19)14-18-8-10-21(28-3)11-9-18/h4-11,17,19-20,24H,12-16H2,1-3H3. The topological polar surface area (TPSA) is 15.7 Å². The molecule has 2 aliphatic heterocycles. The molecule has 0 aromatic heterocycles. The normalized spacial score (nSPS) is 25.8. The molecule has 2 fully saturated rings. The van der Waals surface area contributed by atoms with Gasteiger partial charge in [0.05, 0.1) is 7.11 Å². The first-order valence-corrected chi connectivity index (χ1v) is 11.4. The van der Waals surface area contributed by atoms with Gasteiger partial charge in [0.1, 0.15) is 5.75 Å². The molecule has 2 heterocycles. The van der Waals surface area contributed by atoms with Gasteiger partial charge in [-0.25, -0.2) is 3.11 Å². The number of fused-ring (bicyclic) bond motifs is 2. The summed E-state index contributed by atoms with van der Waals surface area (Å²) in [5.41, 5.74) is 4.44. The lowest BCUT2D eigenvalue weighted by Gasteiger charge is -2.34. The van der Waals surface area contributed by atoms with Crippen LogP contribution in [0.15, 0.2) is 48.5 Å². The maximum atomic E-state index is 5.30. The Bertz CT molecular complexity index is 791. The van der Waals surface area contributed by atoms with Crippen molar-refractivity contribution in [3.05, 3.63) is 65.2 Å². The molecule has 0 radical (unpaired) electrons. The van der Waals surface area contributed by atoms with Crippen molar-refractivity contribution in [2.75, 3.05) is 20.2 Å². The van der Waals surface area contributed by atoms with Crippen LogP contribution in [-0.2, 0) is 6.54 Å². The van der Waals surface area contributed by atoms with Crippen LogP contribution in [0.25, 0.3) is 0 Å². The number of halogens is 1. The molecule has 4 rings (SSSR count). The van der Waals surface area contributed by atoms with E-state index in [-0.39, 0.29) is 0 Å². The second-order valence-electron chi connectivity index (χ2n) is 8.65. The van der Waals surface area contributed by atoms with Crippen molar-refractivity contribution in [3.8, 4) is 5.75 Å². The van der Waals surface area contributed by atoms with Crippen LogP contribution in [0.5, 0.6) is 5.75 Å². The Hall–Kier alpha value is -1.11. The van der Waals surface area contributed by atoms with Crippen LogP contribution < -0.4 is 4.74 Å². The molecule has 0 aliphatic carbocycles. The van der Waals surface area contributed by atoms with Crippen molar-refractivity contribution in [1.29, 1.82) is 0 Å². The highest BCUT2D eigenvalue weighted by Crippen LogP contribution is 2.43. The van der Waals surface area contributed by atoms with Gasteiger partial charge in [0, 0.05) is 54.6 Å². The maximum absolute atomic E-state index is 5.30. The van der Waals surface area contributed by atoms with Gasteiger partial charge in [0.15, 0.2) is 0 Å². The Morgan fingerprint density at radius 2 is 1.79 bits per heavy atom. The Kier molecular flexibility index (Phi) is 6.28. The molecule has 0 N–H and O–H groups in total. The molecular weight excluding hydrogens is 459 g/mol. The van der Waals surface area contributed by atoms with E-state index >= 15 is 0 Å². The van der Waals surface area contributed by atoms with Crippen molar-refractivity contribution < 1.29 is 4.74 Å². The lowest BCUT2D eigenvalue weighted by atomic mass is 9.88. The summed E-state index contributed by atoms with van der Waals surface area (Å²) in [6.07, 6.45) is 2.60. The number of hydrogen-bond donors (Lipinski definition) is 0. The zero-order valence-electron chi connectivity index (χ0n) is 17.1. The molecule has 2 aromatic rings. The Morgan fingerprint density at radius 1 is 1.04 bits per heavy atom. The first-order valence-electron chi connectivity index (χ1n) is 10.4. The average Bonchev–Trinajstić information content (AvgIpc) is 2.98. The highest BCUT2D eigenvalue weighted by molar-refractivity contribution is 14.1. The summed E-state index contributed by atoms with van der Waals surface area (Å²) < 4.78 is 7.89. The monoisotopic (exact) mass is 490 g/mol. The van der Waals surface area contributed by atoms with Crippen LogP contribution in [0.4, 0.5) is 0 Å². The van der Waals surface area contributed by atoms with E-state index in [0.29, 0.717) is 18.0 Å². The second kappa shape index (κ2) is 8.72. The molecule has 4 heteroatoms. The van der Waals surface area contributed by atoms with Crippen molar-refractivity contribution in [2.24, 2.45) is 5.92 Å². The summed E-state index contributed by atoms with van der Waals surface area (Å²) in [7, 11) is 1.73. The first kappa shape index (κ1) is 20.2. The van der Waals surface area contributed by atoms with E-state index in [0.717, 1.165) is 24.8 Å². The van der Waals surface area contributed by atoms with Crippen LogP contribution in [-0.4, -0.2) is 34.3 Å². The smallest absolute Gasteiger partial charge is 0.118 e. The minimum Gasteiger partial charge on any atom is -0.497 e. The summed E-state index contributed by atoms with van der Waals surface area (Å²) in [5.74, 6) is 2.30. The summed E-state index contributed by atoms with van der Waals surface area (Å²) in [6, 6.07) is 18.8. The zero-order chi connectivity index (χ0) is 19.7. The predicted octanol–water partition coefficient (Wildman–Crippen LogP) is 5.81. The van der Waals surface area contributed by atoms with Gasteiger partial charge in [0.25, 0.3) is 0 Å². The molecule has 3 unspecified atom stereocenters. The molecule has 0 saturated carbocycles. The number of hydrogen-bond acceptors (Lipinski definition) is 3. The third-order valence-electron chi connectivity index (χ3n) is 6.42. The van der Waals surface area contributed by atoms with Gasteiger partial charge in [0.2, 0.25) is 0 Å². The predicted molar refractivity (Wildman–Crippen MR) is 124 cm³/mol. The van der Waals surface area contributed by atoms with Crippen molar-refractivity contribution >= 4 is 22.9 Å². The summed E-state index contributed by atoms with van der Waals surface area (Å²) >= 11 is 2.59. The van der Waals surface area contributed by atoms with E-state index < -0.39 is 0 Å². The van der Waals surface area contributed by atoms with Gasteiger partial charge >= 0.3 is 0 Å². The summed E-state index contributed by atoms with van der Waals surface area (Å²) in [6.45, 7) is 8.04. The molecular formula is C24H31IN2O. The fourth-order valence-electron chi connectivity index (χ4n) is 4.99. The number of rotatable bonds is 5. The van der Waals surface area contributed by atoms with E-state index in [9.17, 15) is 0 Å². The molecule has 2 aromatic carbocycles. The lowest BCUT2D eigenvalue weighted by molar-refractivity contribution is 0.186. The van der Waals surface area contributed by atoms with Crippen LogP contribution in [0.1, 0.15) is 55.3 Å².